The Morgan fingerprint density at radius 2 is 0.758 bits per heavy atom. The van der Waals surface area contributed by atoms with Crippen LogP contribution in [-0.4, -0.2) is 60.6 Å². The smallest absolute Gasteiger partial charge is 0.361 e. The molecule has 0 saturated heterocycles. The van der Waals surface area contributed by atoms with Crippen molar-refractivity contribution < 1.29 is 75.0 Å². The van der Waals surface area contributed by atoms with Crippen LogP contribution < -0.4 is 0 Å². The van der Waals surface area contributed by atoms with Crippen LogP contribution in [0.1, 0.15) is 12.8 Å². The fourth-order valence-electron chi connectivity index (χ4n) is 2.20. The maximum Gasteiger partial charge on any atom is 0.380 e. The van der Waals surface area contributed by atoms with Crippen molar-refractivity contribution in [2.24, 2.45) is 0 Å². The first-order valence-electron chi connectivity index (χ1n) is 8.22. The molecule has 196 valence electrons. The minimum atomic E-state index is -7.06. The van der Waals surface area contributed by atoms with E-state index in [1.54, 1.807) is 0 Å². The van der Waals surface area contributed by atoms with Gasteiger partial charge in [-0.1, -0.05) is 12.2 Å². The van der Waals surface area contributed by atoms with Crippen LogP contribution >= 0.6 is 0 Å². The molecule has 0 fully saturated rings. The first-order valence-corrected chi connectivity index (χ1v) is 8.22. The van der Waals surface area contributed by atoms with Crippen molar-refractivity contribution >= 4 is 0 Å². The summed E-state index contributed by atoms with van der Waals surface area (Å²) in [4.78, 5) is 0. The SMILES string of the molecule is C=CCC(OC(CC=C)C(F)(F)C(F)(F)C(F)(F)C(F)F)C(F)(F)C(F)(F)C(F)(F)C(F)F. The molecule has 33 heavy (non-hydrogen) atoms. The van der Waals surface area contributed by atoms with Crippen molar-refractivity contribution in [3.63, 3.8) is 0 Å². The molecule has 0 N–H and O–H groups in total. The summed E-state index contributed by atoms with van der Waals surface area (Å²) in [5, 5.41) is 0. The Hall–Kier alpha value is -1.68. The third-order valence-corrected chi connectivity index (χ3v) is 4.12. The Kier molecular flexibility index (Phi) is 9.39. The van der Waals surface area contributed by atoms with Gasteiger partial charge in [0, 0.05) is 0 Å². The quantitative estimate of drug-likeness (QED) is 0.171. The van der Waals surface area contributed by atoms with Gasteiger partial charge in [-0.2, -0.15) is 52.7 Å². The van der Waals surface area contributed by atoms with Gasteiger partial charge in [0.25, 0.3) is 0 Å². The van der Waals surface area contributed by atoms with Crippen molar-refractivity contribution in [3.8, 4) is 0 Å². The van der Waals surface area contributed by atoms with E-state index in [0.29, 0.717) is 0 Å². The molecule has 0 rings (SSSR count). The summed E-state index contributed by atoms with van der Waals surface area (Å²) in [6, 6.07) is 0. The predicted molar refractivity (Wildman–Crippen MR) is 80.0 cm³/mol. The topological polar surface area (TPSA) is 9.23 Å². The van der Waals surface area contributed by atoms with Crippen LogP contribution in [0.4, 0.5) is 70.2 Å². The molecular weight excluding hydrogens is 512 g/mol. The highest BCUT2D eigenvalue weighted by molar-refractivity contribution is 5.06. The number of hydrogen-bond donors (Lipinski definition) is 0. The molecule has 0 amide bonds. The zero-order chi connectivity index (χ0) is 26.8. The summed E-state index contributed by atoms with van der Waals surface area (Å²) in [5.41, 5.74) is 0. The lowest BCUT2D eigenvalue weighted by Gasteiger charge is -2.41. The lowest BCUT2D eigenvalue weighted by Crippen LogP contribution is -2.65. The molecule has 0 aliphatic rings. The number of ether oxygens (including phenoxy) is 1. The van der Waals surface area contributed by atoms with Crippen molar-refractivity contribution in [1.82, 2.24) is 0 Å². The second kappa shape index (κ2) is 9.90. The van der Waals surface area contributed by atoms with Crippen LogP contribution in [0.15, 0.2) is 25.3 Å². The van der Waals surface area contributed by atoms with Crippen molar-refractivity contribution in [2.45, 2.75) is 73.4 Å². The van der Waals surface area contributed by atoms with Crippen LogP contribution in [-0.2, 0) is 4.74 Å². The molecule has 17 heteroatoms. The van der Waals surface area contributed by atoms with Crippen LogP contribution in [0.5, 0.6) is 0 Å². The first-order chi connectivity index (χ1) is 14.5. The van der Waals surface area contributed by atoms with Crippen LogP contribution in [0.3, 0.4) is 0 Å². The minimum absolute atomic E-state index is 0.101. The highest BCUT2D eigenvalue weighted by Gasteiger charge is 2.80. The molecule has 0 heterocycles. The van der Waals surface area contributed by atoms with E-state index in [1.807, 2.05) is 0 Å². The largest absolute Gasteiger partial charge is 0.380 e. The summed E-state index contributed by atoms with van der Waals surface area (Å²) >= 11 is 0. The van der Waals surface area contributed by atoms with E-state index in [-0.39, 0.29) is 12.2 Å². The van der Waals surface area contributed by atoms with Gasteiger partial charge >= 0.3 is 48.4 Å². The Morgan fingerprint density at radius 3 is 0.939 bits per heavy atom. The Bertz CT molecular complexity index is 615. The lowest BCUT2D eigenvalue weighted by atomic mass is 9.94. The van der Waals surface area contributed by atoms with E-state index >= 15 is 0 Å². The van der Waals surface area contributed by atoms with Gasteiger partial charge in [-0.05, 0) is 12.8 Å². The summed E-state index contributed by atoms with van der Waals surface area (Å²) < 4.78 is 215. The van der Waals surface area contributed by atoms with Gasteiger partial charge in [0.2, 0.25) is 0 Å². The Labute approximate surface area is 175 Å². The summed E-state index contributed by atoms with van der Waals surface area (Å²) in [7, 11) is 0. The van der Waals surface area contributed by atoms with E-state index in [1.165, 1.54) is 0 Å². The zero-order valence-corrected chi connectivity index (χ0v) is 15.7. The van der Waals surface area contributed by atoms with Crippen LogP contribution in [0, 0.1) is 0 Å². The number of rotatable bonds is 14. The van der Waals surface area contributed by atoms with E-state index < -0.39 is 73.4 Å². The van der Waals surface area contributed by atoms with Crippen molar-refractivity contribution in [2.75, 3.05) is 0 Å². The van der Waals surface area contributed by atoms with Crippen molar-refractivity contribution in [3.05, 3.63) is 25.3 Å². The van der Waals surface area contributed by atoms with Gasteiger partial charge < -0.3 is 4.74 Å². The summed E-state index contributed by atoms with van der Waals surface area (Å²) in [6.07, 6.45) is -22.6. The van der Waals surface area contributed by atoms with E-state index in [4.69, 9.17) is 0 Å². The second-order valence-corrected chi connectivity index (χ2v) is 6.40. The standard InChI is InChI=1S/C16H14F16O/c1-3-5-7(11(21,22)15(29,30)13(25,26)9(17)18)33-8(6-4-2)12(23,24)16(31,32)14(27,28)10(19)20/h3-4,7-10H,1-2,5-6H2. The molecule has 2 unspecified atom stereocenters. The fraction of sp³-hybridized carbons (Fsp3) is 0.750. The van der Waals surface area contributed by atoms with Crippen molar-refractivity contribution in [1.29, 1.82) is 0 Å². The molecule has 0 aromatic carbocycles. The molecule has 0 radical (unpaired) electrons. The third kappa shape index (κ3) is 5.21. The normalized spacial score (nSPS) is 16.8. The number of hydrogen-bond acceptors (Lipinski definition) is 1. The Morgan fingerprint density at radius 1 is 0.515 bits per heavy atom. The summed E-state index contributed by atoms with van der Waals surface area (Å²) in [6.45, 7) is 5.30. The van der Waals surface area contributed by atoms with Gasteiger partial charge in [-0.3, -0.25) is 0 Å². The molecule has 0 aromatic rings. The molecule has 0 spiro atoms. The molecule has 1 nitrogen and oxygen atoms in total. The molecule has 0 saturated carbocycles. The van der Waals surface area contributed by atoms with Gasteiger partial charge in [0.05, 0.1) is 0 Å². The molecule has 2 atom stereocenters. The molecule has 0 aromatic heterocycles. The molecule has 0 aliphatic heterocycles. The Balaban J connectivity index is 6.55. The highest BCUT2D eigenvalue weighted by atomic mass is 19.4. The predicted octanol–water partition coefficient (Wildman–Crippen LogP) is 7.23. The number of alkyl halides is 16. The highest BCUT2D eigenvalue weighted by Crippen LogP contribution is 2.54. The maximum atomic E-state index is 14.1. The molecule has 0 aliphatic carbocycles. The monoisotopic (exact) mass is 526 g/mol. The zero-order valence-electron chi connectivity index (χ0n) is 15.7. The van der Waals surface area contributed by atoms with E-state index in [2.05, 4.69) is 17.9 Å². The second-order valence-electron chi connectivity index (χ2n) is 6.40. The number of halogens is 16. The summed E-state index contributed by atoms with van der Waals surface area (Å²) in [5.74, 6) is -40.8. The van der Waals surface area contributed by atoms with Crippen LogP contribution in [0.25, 0.3) is 0 Å². The fourth-order valence-corrected chi connectivity index (χ4v) is 2.20. The van der Waals surface area contributed by atoms with Gasteiger partial charge in [0.1, 0.15) is 12.2 Å². The van der Waals surface area contributed by atoms with E-state index in [9.17, 15) is 70.2 Å². The van der Waals surface area contributed by atoms with Gasteiger partial charge in [0.15, 0.2) is 0 Å². The van der Waals surface area contributed by atoms with Crippen LogP contribution in [0.2, 0.25) is 0 Å². The lowest BCUT2D eigenvalue weighted by molar-refractivity contribution is -0.384. The van der Waals surface area contributed by atoms with E-state index in [0.717, 1.165) is 0 Å². The minimum Gasteiger partial charge on any atom is -0.361 e. The maximum absolute atomic E-state index is 14.1. The first kappa shape index (κ1) is 31.3. The van der Waals surface area contributed by atoms with Gasteiger partial charge in [-0.15, -0.1) is 13.2 Å². The molecular formula is C16H14F16O. The third-order valence-electron chi connectivity index (χ3n) is 4.12. The van der Waals surface area contributed by atoms with Gasteiger partial charge in [-0.25, -0.2) is 17.6 Å². The average Bonchev–Trinajstić information content (AvgIpc) is 2.65. The average molecular weight is 526 g/mol. The molecule has 0 bridgehead atoms.